The van der Waals surface area contributed by atoms with Crippen LogP contribution in [0, 0.1) is 5.92 Å². The van der Waals surface area contributed by atoms with E-state index in [0.717, 1.165) is 25.2 Å². The van der Waals surface area contributed by atoms with Gasteiger partial charge in [-0.05, 0) is 44.4 Å². The van der Waals surface area contributed by atoms with Crippen LogP contribution in [0.5, 0.6) is 0 Å². The third-order valence-corrected chi connectivity index (χ3v) is 4.06. The Morgan fingerprint density at radius 1 is 1.30 bits per heavy atom. The Labute approximate surface area is 138 Å². The van der Waals surface area contributed by atoms with Crippen LogP contribution in [0.3, 0.4) is 0 Å². The number of nitrogens with zero attached hydrogens (tertiary/aromatic N) is 2. The van der Waals surface area contributed by atoms with Crippen molar-refractivity contribution in [1.29, 1.82) is 0 Å². The molecule has 1 unspecified atom stereocenters. The Morgan fingerprint density at radius 3 is 2.70 bits per heavy atom. The fourth-order valence-corrected chi connectivity index (χ4v) is 2.97. The summed E-state index contributed by atoms with van der Waals surface area (Å²) in [6.45, 7) is 6.48. The molecule has 126 valence electrons. The molecule has 0 bridgehead atoms. The predicted molar refractivity (Wildman–Crippen MR) is 90.3 cm³/mol. The Bertz CT molecular complexity index is 518. The second kappa shape index (κ2) is 8.67. The van der Waals surface area contributed by atoms with Crippen molar-refractivity contribution in [2.45, 2.75) is 26.7 Å². The third kappa shape index (κ3) is 5.36. The SMILES string of the molecule is CCOC(=O)CN(C(=O)CN1CCCC(C)C1)c1ccccc1. The fourth-order valence-electron chi connectivity index (χ4n) is 2.97. The lowest BCUT2D eigenvalue weighted by atomic mass is 10.0. The summed E-state index contributed by atoms with van der Waals surface area (Å²) in [5.41, 5.74) is 0.732. The minimum absolute atomic E-state index is 0.0416. The topological polar surface area (TPSA) is 49.9 Å². The van der Waals surface area contributed by atoms with Crippen molar-refractivity contribution in [2.75, 3.05) is 37.7 Å². The highest BCUT2D eigenvalue weighted by Crippen LogP contribution is 2.17. The zero-order chi connectivity index (χ0) is 16.7. The highest BCUT2D eigenvalue weighted by atomic mass is 16.5. The average Bonchev–Trinajstić information content (AvgIpc) is 2.53. The maximum Gasteiger partial charge on any atom is 0.326 e. The van der Waals surface area contributed by atoms with E-state index in [1.165, 1.54) is 11.3 Å². The first-order valence-electron chi connectivity index (χ1n) is 8.33. The molecule has 1 fully saturated rings. The molecule has 5 nitrogen and oxygen atoms in total. The van der Waals surface area contributed by atoms with Gasteiger partial charge in [0.15, 0.2) is 0 Å². The van der Waals surface area contributed by atoms with E-state index in [2.05, 4.69) is 11.8 Å². The van der Waals surface area contributed by atoms with Gasteiger partial charge in [-0.25, -0.2) is 0 Å². The van der Waals surface area contributed by atoms with E-state index < -0.39 is 0 Å². The van der Waals surface area contributed by atoms with Gasteiger partial charge in [0.25, 0.3) is 0 Å². The molecule has 0 aromatic heterocycles. The van der Waals surface area contributed by atoms with Crippen LogP contribution in [0.1, 0.15) is 26.7 Å². The number of amides is 1. The molecule has 23 heavy (non-hydrogen) atoms. The number of rotatable bonds is 6. The fraction of sp³-hybridized carbons (Fsp3) is 0.556. The van der Waals surface area contributed by atoms with Gasteiger partial charge < -0.3 is 9.64 Å². The number of carbonyl (C=O) groups excluding carboxylic acids is 2. The molecule has 0 radical (unpaired) electrons. The summed E-state index contributed by atoms with van der Waals surface area (Å²) in [6.07, 6.45) is 2.34. The van der Waals surface area contributed by atoms with Gasteiger partial charge in [0.2, 0.25) is 5.91 Å². The number of likely N-dealkylation sites (tertiary alicyclic amines) is 1. The summed E-state index contributed by atoms with van der Waals surface area (Å²) >= 11 is 0. The number of anilines is 1. The van der Waals surface area contributed by atoms with Gasteiger partial charge in [-0.1, -0.05) is 25.1 Å². The van der Waals surface area contributed by atoms with Crippen molar-refractivity contribution in [3.05, 3.63) is 30.3 Å². The molecule has 0 saturated carbocycles. The van der Waals surface area contributed by atoms with Crippen LogP contribution in [0.4, 0.5) is 5.69 Å². The van der Waals surface area contributed by atoms with Gasteiger partial charge >= 0.3 is 5.97 Å². The monoisotopic (exact) mass is 318 g/mol. The zero-order valence-corrected chi connectivity index (χ0v) is 14.0. The quantitative estimate of drug-likeness (QED) is 0.755. The van der Waals surface area contributed by atoms with Gasteiger partial charge in [0.1, 0.15) is 6.54 Å². The van der Waals surface area contributed by atoms with E-state index in [9.17, 15) is 9.59 Å². The molecule has 0 N–H and O–H groups in total. The Kier molecular flexibility index (Phi) is 6.59. The average molecular weight is 318 g/mol. The maximum absolute atomic E-state index is 12.7. The Hall–Kier alpha value is -1.88. The van der Waals surface area contributed by atoms with Crippen molar-refractivity contribution in [2.24, 2.45) is 5.92 Å². The first kappa shape index (κ1) is 17.5. The first-order valence-corrected chi connectivity index (χ1v) is 8.33. The van der Waals surface area contributed by atoms with Gasteiger partial charge in [-0.2, -0.15) is 0 Å². The van der Waals surface area contributed by atoms with Crippen LogP contribution in [-0.4, -0.2) is 49.6 Å². The summed E-state index contributed by atoms with van der Waals surface area (Å²) in [6, 6.07) is 9.31. The van der Waals surface area contributed by atoms with E-state index in [1.54, 1.807) is 6.92 Å². The molecule has 1 aliphatic heterocycles. The van der Waals surface area contributed by atoms with Gasteiger partial charge in [-0.3, -0.25) is 14.5 Å². The molecule has 5 heteroatoms. The summed E-state index contributed by atoms with van der Waals surface area (Å²) in [4.78, 5) is 28.3. The van der Waals surface area contributed by atoms with E-state index in [4.69, 9.17) is 4.74 Å². The number of piperidine rings is 1. The molecule has 2 rings (SSSR count). The molecule has 1 aliphatic rings. The molecule has 1 heterocycles. The Balaban J connectivity index is 2.06. The largest absolute Gasteiger partial charge is 0.465 e. The second-order valence-corrected chi connectivity index (χ2v) is 6.10. The van der Waals surface area contributed by atoms with Crippen LogP contribution in [-0.2, 0) is 14.3 Å². The van der Waals surface area contributed by atoms with Crippen molar-refractivity contribution in [3.8, 4) is 0 Å². The number of carbonyl (C=O) groups is 2. The van der Waals surface area contributed by atoms with Gasteiger partial charge in [0, 0.05) is 12.2 Å². The molecular weight excluding hydrogens is 292 g/mol. The van der Waals surface area contributed by atoms with Gasteiger partial charge in [0.05, 0.1) is 13.2 Å². The summed E-state index contributed by atoms with van der Waals surface area (Å²) in [7, 11) is 0. The van der Waals surface area contributed by atoms with E-state index in [0.29, 0.717) is 19.1 Å². The van der Waals surface area contributed by atoms with Crippen LogP contribution in [0.15, 0.2) is 30.3 Å². The van der Waals surface area contributed by atoms with E-state index in [1.807, 2.05) is 30.3 Å². The summed E-state index contributed by atoms with van der Waals surface area (Å²) in [5, 5.41) is 0. The number of para-hydroxylation sites is 1. The Morgan fingerprint density at radius 2 is 2.04 bits per heavy atom. The lowest BCUT2D eigenvalue weighted by Crippen LogP contribution is -2.45. The van der Waals surface area contributed by atoms with Crippen molar-refractivity contribution in [3.63, 3.8) is 0 Å². The number of benzene rings is 1. The molecule has 1 atom stereocenters. The molecule has 1 amide bonds. The number of hydrogen-bond donors (Lipinski definition) is 0. The second-order valence-electron chi connectivity index (χ2n) is 6.10. The third-order valence-electron chi connectivity index (χ3n) is 4.06. The number of esters is 1. The molecule has 1 aromatic rings. The van der Waals surface area contributed by atoms with Crippen molar-refractivity contribution >= 4 is 17.6 Å². The smallest absolute Gasteiger partial charge is 0.326 e. The standard InChI is InChI=1S/C18H26N2O3/c1-3-23-18(22)14-20(16-9-5-4-6-10-16)17(21)13-19-11-7-8-15(2)12-19/h4-6,9-10,15H,3,7-8,11-14H2,1-2H3. The van der Waals surface area contributed by atoms with E-state index >= 15 is 0 Å². The van der Waals surface area contributed by atoms with Crippen LogP contribution < -0.4 is 4.90 Å². The first-order chi connectivity index (χ1) is 11.1. The van der Waals surface area contributed by atoms with E-state index in [-0.39, 0.29) is 18.4 Å². The van der Waals surface area contributed by atoms with Crippen LogP contribution >= 0.6 is 0 Å². The predicted octanol–water partition coefficient (Wildman–Crippen LogP) is 2.31. The number of hydrogen-bond acceptors (Lipinski definition) is 4. The molecule has 1 saturated heterocycles. The lowest BCUT2D eigenvalue weighted by molar-refractivity contribution is -0.142. The van der Waals surface area contributed by atoms with Gasteiger partial charge in [-0.15, -0.1) is 0 Å². The van der Waals surface area contributed by atoms with Crippen LogP contribution in [0.2, 0.25) is 0 Å². The minimum Gasteiger partial charge on any atom is -0.465 e. The lowest BCUT2D eigenvalue weighted by Gasteiger charge is -2.32. The normalized spacial score (nSPS) is 18.4. The maximum atomic E-state index is 12.7. The highest BCUT2D eigenvalue weighted by Gasteiger charge is 2.24. The molecule has 1 aromatic carbocycles. The highest BCUT2D eigenvalue weighted by molar-refractivity contribution is 5.98. The summed E-state index contributed by atoms with van der Waals surface area (Å²) < 4.78 is 5.00. The molecule has 0 aliphatic carbocycles. The van der Waals surface area contributed by atoms with Crippen LogP contribution in [0.25, 0.3) is 0 Å². The van der Waals surface area contributed by atoms with Crippen molar-refractivity contribution in [1.82, 2.24) is 4.90 Å². The number of ether oxygens (including phenoxy) is 1. The molecular formula is C18H26N2O3. The minimum atomic E-state index is -0.378. The van der Waals surface area contributed by atoms with Crippen molar-refractivity contribution < 1.29 is 14.3 Å². The zero-order valence-electron chi connectivity index (χ0n) is 14.0. The molecule has 0 spiro atoms. The summed E-state index contributed by atoms with van der Waals surface area (Å²) in [5.74, 6) is 0.182.